The molecule has 4 heteroatoms. The molecule has 1 heterocycles. The standard InChI is InChI=1S/C7H11F3N/c8-7(9,10)6-11-4-2-1-3-5-11/h4H,1-3,5-6H2. The lowest BCUT2D eigenvalue weighted by molar-refractivity contribution is -0.143. The number of hydrogen-bond donors (Lipinski definition) is 0. The molecule has 0 aliphatic carbocycles. The van der Waals surface area contributed by atoms with E-state index in [2.05, 4.69) is 0 Å². The molecule has 0 spiro atoms. The summed E-state index contributed by atoms with van der Waals surface area (Å²) < 4.78 is 35.3. The largest absolute Gasteiger partial charge is 0.401 e. The molecule has 0 N–H and O–H groups in total. The van der Waals surface area contributed by atoms with Crippen molar-refractivity contribution in [2.24, 2.45) is 0 Å². The summed E-state index contributed by atoms with van der Waals surface area (Å²) in [6, 6.07) is 0. The first kappa shape index (κ1) is 8.84. The van der Waals surface area contributed by atoms with E-state index >= 15 is 0 Å². The van der Waals surface area contributed by atoms with Crippen LogP contribution in [0.2, 0.25) is 0 Å². The average molecular weight is 166 g/mol. The van der Waals surface area contributed by atoms with Gasteiger partial charge in [-0.05, 0) is 19.4 Å². The van der Waals surface area contributed by atoms with E-state index in [9.17, 15) is 13.2 Å². The molecule has 1 aliphatic heterocycles. The van der Waals surface area contributed by atoms with Crippen LogP contribution < -0.4 is 0 Å². The molecule has 0 amide bonds. The molecule has 1 saturated heterocycles. The summed E-state index contributed by atoms with van der Waals surface area (Å²) in [5, 5.41) is 0. The third-order valence-corrected chi connectivity index (χ3v) is 1.67. The maximum Gasteiger partial charge on any atom is 0.401 e. The normalized spacial score (nSPS) is 22.1. The second-order valence-electron chi connectivity index (χ2n) is 2.76. The average Bonchev–Trinajstić information content (AvgIpc) is 1.85. The van der Waals surface area contributed by atoms with Crippen LogP contribution in [0.25, 0.3) is 0 Å². The van der Waals surface area contributed by atoms with Gasteiger partial charge in [0.1, 0.15) is 0 Å². The smallest absolute Gasteiger partial charge is 0.290 e. The number of hydrogen-bond acceptors (Lipinski definition) is 1. The van der Waals surface area contributed by atoms with Gasteiger partial charge in [0, 0.05) is 6.54 Å². The van der Waals surface area contributed by atoms with E-state index in [0.717, 1.165) is 19.3 Å². The van der Waals surface area contributed by atoms with Crippen LogP contribution >= 0.6 is 0 Å². The number of piperidine rings is 1. The van der Waals surface area contributed by atoms with Crippen molar-refractivity contribution in [3.05, 3.63) is 6.54 Å². The summed E-state index contributed by atoms with van der Waals surface area (Å²) in [7, 11) is 0. The highest BCUT2D eigenvalue weighted by Gasteiger charge is 2.30. The Labute approximate surface area is 64.2 Å². The van der Waals surface area contributed by atoms with Gasteiger partial charge in [0.15, 0.2) is 0 Å². The molecule has 0 saturated carbocycles. The zero-order valence-corrected chi connectivity index (χ0v) is 6.19. The quantitative estimate of drug-likeness (QED) is 0.577. The fourth-order valence-electron chi connectivity index (χ4n) is 1.20. The van der Waals surface area contributed by atoms with E-state index in [4.69, 9.17) is 0 Å². The Kier molecular flexibility index (Phi) is 2.76. The highest BCUT2D eigenvalue weighted by molar-refractivity contribution is 4.76. The van der Waals surface area contributed by atoms with Gasteiger partial charge in [-0.3, -0.25) is 4.90 Å². The van der Waals surface area contributed by atoms with Gasteiger partial charge >= 0.3 is 6.18 Å². The van der Waals surface area contributed by atoms with E-state index < -0.39 is 12.7 Å². The van der Waals surface area contributed by atoms with Crippen molar-refractivity contribution in [1.82, 2.24) is 4.90 Å². The highest BCUT2D eigenvalue weighted by atomic mass is 19.4. The maximum absolute atomic E-state index is 11.8. The van der Waals surface area contributed by atoms with Gasteiger partial charge in [0.25, 0.3) is 0 Å². The molecular weight excluding hydrogens is 155 g/mol. The molecule has 0 bridgehead atoms. The number of halogens is 3. The van der Waals surface area contributed by atoms with Crippen molar-refractivity contribution in [3.8, 4) is 0 Å². The zero-order chi connectivity index (χ0) is 8.32. The number of nitrogens with zero attached hydrogens (tertiary/aromatic N) is 1. The van der Waals surface area contributed by atoms with E-state index in [-0.39, 0.29) is 0 Å². The molecule has 0 aromatic heterocycles. The first-order chi connectivity index (χ1) is 5.08. The van der Waals surface area contributed by atoms with Crippen LogP contribution in [0, 0.1) is 6.54 Å². The van der Waals surface area contributed by atoms with Crippen LogP contribution in [0.4, 0.5) is 13.2 Å². The maximum atomic E-state index is 11.8. The van der Waals surface area contributed by atoms with E-state index in [1.165, 1.54) is 4.90 Å². The molecular formula is C7H11F3N. The summed E-state index contributed by atoms with van der Waals surface area (Å²) in [4.78, 5) is 1.35. The zero-order valence-electron chi connectivity index (χ0n) is 6.19. The summed E-state index contributed by atoms with van der Waals surface area (Å²) in [5.41, 5.74) is 0. The highest BCUT2D eigenvalue weighted by Crippen LogP contribution is 2.20. The summed E-state index contributed by atoms with van der Waals surface area (Å²) in [5.74, 6) is 0. The summed E-state index contributed by atoms with van der Waals surface area (Å²) in [6.45, 7) is 1.42. The fourth-order valence-corrected chi connectivity index (χ4v) is 1.20. The molecule has 0 atom stereocenters. The molecule has 1 aliphatic rings. The van der Waals surface area contributed by atoms with Gasteiger partial charge in [-0.1, -0.05) is 6.42 Å². The predicted molar refractivity (Wildman–Crippen MR) is 35.8 cm³/mol. The third-order valence-electron chi connectivity index (χ3n) is 1.67. The second-order valence-corrected chi connectivity index (χ2v) is 2.76. The molecule has 65 valence electrons. The number of rotatable bonds is 1. The van der Waals surface area contributed by atoms with Gasteiger partial charge in [-0.2, -0.15) is 13.2 Å². The van der Waals surface area contributed by atoms with E-state index in [0.29, 0.717) is 6.54 Å². The van der Waals surface area contributed by atoms with Crippen LogP contribution in [0.3, 0.4) is 0 Å². The minimum Gasteiger partial charge on any atom is -0.290 e. The van der Waals surface area contributed by atoms with Crippen LogP contribution in [0.5, 0.6) is 0 Å². The first-order valence-electron chi connectivity index (χ1n) is 3.72. The Hall–Kier alpha value is -0.250. The van der Waals surface area contributed by atoms with Crippen LogP contribution in [0.1, 0.15) is 19.3 Å². The topological polar surface area (TPSA) is 3.24 Å². The van der Waals surface area contributed by atoms with Crippen molar-refractivity contribution >= 4 is 0 Å². The SMILES string of the molecule is FC(F)(F)CN1[CH]CCCC1. The van der Waals surface area contributed by atoms with Crippen LogP contribution in [-0.4, -0.2) is 24.2 Å². The van der Waals surface area contributed by atoms with Gasteiger partial charge < -0.3 is 0 Å². The lowest BCUT2D eigenvalue weighted by atomic mass is 10.1. The van der Waals surface area contributed by atoms with Gasteiger partial charge in [0.05, 0.1) is 6.54 Å². The lowest BCUT2D eigenvalue weighted by Gasteiger charge is -2.26. The Balaban J connectivity index is 2.24. The van der Waals surface area contributed by atoms with Crippen molar-refractivity contribution < 1.29 is 13.2 Å². The summed E-state index contributed by atoms with van der Waals surface area (Å²) in [6.07, 6.45) is -1.36. The fraction of sp³-hybridized carbons (Fsp3) is 0.857. The number of alkyl halides is 3. The van der Waals surface area contributed by atoms with Crippen LogP contribution in [-0.2, 0) is 0 Å². The Morgan fingerprint density at radius 3 is 2.45 bits per heavy atom. The summed E-state index contributed by atoms with van der Waals surface area (Å²) >= 11 is 0. The molecule has 0 aromatic rings. The van der Waals surface area contributed by atoms with Gasteiger partial charge in [0.2, 0.25) is 0 Å². The van der Waals surface area contributed by atoms with E-state index in [1.807, 2.05) is 0 Å². The lowest BCUT2D eigenvalue weighted by Crippen LogP contribution is -2.34. The Morgan fingerprint density at radius 1 is 1.27 bits per heavy atom. The Morgan fingerprint density at radius 2 is 2.00 bits per heavy atom. The third kappa shape index (κ3) is 3.60. The molecule has 1 rings (SSSR count). The molecule has 0 unspecified atom stereocenters. The van der Waals surface area contributed by atoms with Gasteiger partial charge in [-0.15, -0.1) is 0 Å². The van der Waals surface area contributed by atoms with Gasteiger partial charge in [-0.25, -0.2) is 0 Å². The Bertz CT molecular complexity index is 115. The molecule has 1 radical (unpaired) electrons. The van der Waals surface area contributed by atoms with E-state index in [1.54, 1.807) is 6.54 Å². The minimum atomic E-state index is -4.05. The molecule has 11 heavy (non-hydrogen) atoms. The van der Waals surface area contributed by atoms with Crippen molar-refractivity contribution in [2.75, 3.05) is 13.1 Å². The predicted octanol–water partition coefficient (Wildman–Crippen LogP) is 2.20. The van der Waals surface area contributed by atoms with Crippen molar-refractivity contribution in [3.63, 3.8) is 0 Å². The molecule has 1 fully saturated rings. The van der Waals surface area contributed by atoms with Crippen molar-refractivity contribution in [2.45, 2.75) is 25.4 Å². The second kappa shape index (κ2) is 3.43. The first-order valence-corrected chi connectivity index (χ1v) is 3.72. The van der Waals surface area contributed by atoms with Crippen molar-refractivity contribution in [1.29, 1.82) is 0 Å². The minimum absolute atomic E-state index is 0.555. The van der Waals surface area contributed by atoms with Crippen LogP contribution in [0.15, 0.2) is 0 Å². The molecule has 1 nitrogen and oxygen atoms in total. The number of likely N-dealkylation sites (tertiary alicyclic amines) is 1. The molecule has 0 aromatic carbocycles. The monoisotopic (exact) mass is 166 g/mol.